The molecule has 0 bridgehead atoms. The van der Waals surface area contributed by atoms with E-state index >= 15 is 0 Å². The van der Waals surface area contributed by atoms with Crippen molar-refractivity contribution in [3.05, 3.63) is 40.3 Å². The first-order valence-electron chi connectivity index (χ1n) is 6.17. The van der Waals surface area contributed by atoms with Gasteiger partial charge in [-0.3, -0.25) is 10.1 Å². The van der Waals surface area contributed by atoms with E-state index in [0.717, 1.165) is 0 Å². The molecule has 0 unspecified atom stereocenters. The molecule has 0 saturated heterocycles. The maximum Gasteiger partial charge on any atom is 0.270 e. The third-order valence-electron chi connectivity index (χ3n) is 2.54. The second-order valence-electron chi connectivity index (χ2n) is 5.41. The van der Waals surface area contributed by atoms with E-state index in [2.05, 4.69) is 15.5 Å². The summed E-state index contributed by atoms with van der Waals surface area (Å²) < 4.78 is 5.49. The Balaban J connectivity index is 2.16. The number of nitro groups is 1. The first kappa shape index (κ1) is 14.1. The lowest BCUT2D eigenvalue weighted by Gasteiger charge is -2.18. The number of hydrogen-bond donors (Lipinski definition) is 1. The quantitative estimate of drug-likeness (QED) is 0.681. The predicted molar refractivity (Wildman–Crippen MR) is 73.0 cm³/mol. The minimum atomic E-state index is -0.456. The average Bonchev–Trinajstić information content (AvgIpc) is 2.84. The number of nitrogens with one attached hydrogen (secondary N) is 1. The highest BCUT2D eigenvalue weighted by atomic mass is 16.6. The van der Waals surface area contributed by atoms with E-state index in [1.165, 1.54) is 12.1 Å². The molecule has 0 aliphatic rings. The van der Waals surface area contributed by atoms with Crippen LogP contribution in [0.25, 0.3) is 11.5 Å². The van der Waals surface area contributed by atoms with E-state index in [1.807, 2.05) is 20.8 Å². The maximum atomic E-state index is 10.7. The van der Waals surface area contributed by atoms with Crippen LogP contribution in [-0.2, 0) is 6.54 Å². The third-order valence-corrected chi connectivity index (χ3v) is 2.54. The smallest absolute Gasteiger partial charge is 0.270 e. The van der Waals surface area contributed by atoms with Crippen LogP contribution in [0.5, 0.6) is 0 Å². The Hall–Kier alpha value is -2.28. The van der Waals surface area contributed by atoms with Gasteiger partial charge in [0.1, 0.15) is 0 Å². The van der Waals surface area contributed by atoms with Gasteiger partial charge in [-0.1, -0.05) is 6.07 Å². The van der Waals surface area contributed by atoms with Gasteiger partial charge in [-0.15, -0.1) is 10.2 Å². The number of rotatable bonds is 4. The lowest BCUT2D eigenvalue weighted by molar-refractivity contribution is -0.384. The molecule has 1 N–H and O–H groups in total. The summed E-state index contributed by atoms with van der Waals surface area (Å²) in [7, 11) is 0. The van der Waals surface area contributed by atoms with Crippen LogP contribution in [0.1, 0.15) is 26.7 Å². The van der Waals surface area contributed by atoms with E-state index in [9.17, 15) is 10.1 Å². The van der Waals surface area contributed by atoms with Gasteiger partial charge in [0.15, 0.2) is 0 Å². The topological polar surface area (TPSA) is 94.1 Å². The summed E-state index contributed by atoms with van der Waals surface area (Å²) in [5.41, 5.74) is 0.476. The Morgan fingerprint density at radius 1 is 1.35 bits per heavy atom. The predicted octanol–water partition coefficient (Wildman–Crippen LogP) is 2.53. The van der Waals surface area contributed by atoms with E-state index in [-0.39, 0.29) is 17.1 Å². The van der Waals surface area contributed by atoms with Crippen molar-refractivity contribution in [3.63, 3.8) is 0 Å². The third kappa shape index (κ3) is 3.61. The molecule has 20 heavy (non-hydrogen) atoms. The van der Waals surface area contributed by atoms with Crippen molar-refractivity contribution in [2.75, 3.05) is 0 Å². The Labute approximate surface area is 116 Å². The van der Waals surface area contributed by atoms with Crippen molar-refractivity contribution in [2.45, 2.75) is 32.9 Å². The van der Waals surface area contributed by atoms with Gasteiger partial charge in [0.2, 0.25) is 11.8 Å². The molecule has 2 rings (SSSR count). The monoisotopic (exact) mass is 276 g/mol. The zero-order chi connectivity index (χ0) is 14.8. The van der Waals surface area contributed by atoms with Gasteiger partial charge in [0.25, 0.3) is 5.69 Å². The Kier molecular flexibility index (Phi) is 3.80. The van der Waals surface area contributed by atoms with Gasteiger partial charge in [-0.05, 0) is 26.8 Å². The largest absolute Gasteiger partial charge is 0.419 e. The average molecular weight is 276 g/mol. The van der Waals surface area contributed by atoms with Crippen molar-refractivity contribution < 1.29 is 9.34 Å². The van der Waals surface area contributed by atoms with E-state index in [0.29, 0.717) is 18.0 Å². The number of nitrogens with zero attached hydrogens (tertiary/aromatic N) is 3. The molecule has 0 saturated carbocycles. The van der Waals surface area contributed by atoms with Gasteiger partial charge in [0.05, 0.1) is 11.5 Å². The first-order valence-corrected chi connectivity index (χ1v) is 6.17. The van der Waals surface area contributed by atoms with Crippen molar-refractivity contribution in [1.29, 1.82) is 0 Å². The van der Waals surface area contributed by atoms with Crippen LogP contribution in [0.4, 0.5) is 5.69 Å². The number of non-ortho nitro benzene ring substituents is 1. The lowest BCUT2D eigenvalue weighted by Crippen LogP contribution is -2.35. The minimum absolute atomic E-state index is 0.00457. The Morgan fingerprint density at radius 3 is 2.75 bits per heavy atom. The summed E-state index contributed by atoms with van der Waals surface area (Å²) in [6.45, 7) is 6.55. The van der Waals surface area contributed by atoms with Crippen LogP contribution >= 0.6 is 0 Å². The SMILES string of the molecule is CC(C)(C)NCc1nnc(-c2cccc([N+](=O)[O-])c2)o1. The number of aromatic nitrogens is 2. The van der Waals surface area contributed by atoms with Gasteiger partial charge in [-0.2, -0.15) is 0 Å². The minimum Gasteiger partial charge on any atom is -0.419 e. The highest BCUT2D eigenvalue weighted by molar-refractivity contribution is 5.57. The fraction of sp³-hybridized carbons (Fsp3) is 0.385. The Morgan fingerprint density at radius 2 is 2.10 bits per heavy atom. The molecule has 0 spiro atoms. The molecule has 2 aromatic rings. The van der Waals surface area contributed by atoms with E-state index < -0.39 is 4.92 Å². The molecule has 0 radical (unpaired) electrons. The molecule has 1 aromatic carbocycles. The van der Waals surface area contributed by atoms with Gasteiger partial charge in [-0.25, -0.2) is 0 Å². The fourth-order valence-corrected chi connectivity index (χ4v) is 1.53. The zero-order valence-corrected chi connectivity index (χ0v) is 11.6. The van der Waals surface area contributed by atoms with Crippen LogP contribution < -0.4 is 5.32 Å². The second kappa shape index (κ2) is 5.38. The van der Waals surface area contributed by atoms with Crippen LogP contribution in [-0.4, -0.2) is 20.7 Å². The summed E-state index contributed by atoms with van der Waals surface area (Å²) in [5, 5.41) is 21.8. The molecule has 0 aliphatic heterocycles. The molecule has 0 atom stereocenters. The van der Waals surface area contributed by atoms with Gasteiger partial charge in [0, 0.05) is 23.2 Å². The van der Waals surface area contributed by atoms with E-state index in [4.69, 9.17) is 4.42 Å². The van der Waals surface area contributed by atoms with Crippen molar-refractivity contribution >= 4 is 5.69 Å². The van der Waals surface area contributed by atoms with Crippen LogP contribution in [0, 0.1) is 10.1 Å². The lowest BCUT2D eigenvalue weighted by atomic mass is 10.1. The van der Waals surface area contributed by atoms with Gasteiger partial charge >= 0.3 is 0 Å². The molecule has 0 aliphatic carbocycles. The molecular formula is C13H16N4O3. The Bertz CT molecular complexity index is 616. The van der Waals surface area contributed by atoms with Crippen molar-refractivity contribution in [3.8, 4) is 11.5 Å². The van der Waals surface area contributed by atoms with Crippen LogP contribution in [0.3, 0.4) is 0 Å². The normalized spacial score (nSPS) is 11.6. The fourth-order valence-electron chi connectivity index (χ4n) is 1.53. The molecule has 1 heterocycles. The van der Waals surface area contributed by atoms with Crippen molar-refractivity contribution in [2.24, 2.45) is 0 Å². The summed E-state index contributed by atoms with van der Waals surface area (Å²) in [6.07, 6.45) is 0. The van der Waals surface area contributed by atoms with Crippen molar-refractivity contribution in [1.82, 2.24) is 15.5 Å². The molecule has 0 amide bonds. The van der Waals surface area contributed by atoms with E-state index in [1.54, 1.807) is 12.1 Å². The van der Waals surface area contributed by atoms with Crippen LogP contribution in [0.15, 0.2) is 28.7 Å². The molecule has 0 fully saturated rings. The first-order chi connectivity index (χ1) is 9.35. The highest BCUT2D eigenvalue weighted by Crippen LogP contribution is 2.22. The number of hydrogen-bond acceptors (Lipinski definition) is 6. The highest BCUT2D eigenvalue weighted by Gasteiger charge is 2.14. The molecule has 106 valence electrons. The summed E-state index contributed by atoms with van der Waals surface area (Å²) in [4.78, 5) is 10.3. The summed E-state index contributed by atoms with van der Waals surface area (Å²) in [5.74, 6) is 0.723. The standard InChI is InChI=1S/C13H16N4O3/c1-13(2,3)14-8-11-15-16-12(20-11)9-5-4-6-10(7-9)17(18)19/h4-7,14H,8H2,1-3H3. The summed E-state index contributed by atoms with van der Waals surface area (Å²) >= 11 is 0. The zero-order valence-electron chi connectivity index (χ0n) is 11.6. The molecule has 7 nitrogen and oxygen atoms in total. The van der Waals surface area contributed by atoms with Crippen LogP contribution in [0.2, 0.25) is 0 Å². The molecular weight excluding hydrogens is 260 g/mol. The number of benzene rings is 1. The molecule has 1 aromatic heterocycles. The van der Waals surface area contributed by atoms with Gasteiger partial charge < -0.3 is 9.73 Å². The molecule has 7 heteroatoms. The second-order valence-corrected chi connectivity index (χ2v) is 5.41. The summed E-state index contributed by atoms with van der Waals surface area (Å²) in [6, 6.07) is 6.11. The maximum absolute atomic E-state index is 10.7. The number of nitro benzene ring substituents is 1.